The van der Waals surface area contributed by atoms with Crippen LogP contribution in [0.4, 0.5) is 5.69 Å². The maximum atomic E-state index is 12.8. The van der Waals surface area contributed by atoms with E-state index in [4.69, 9.17) is 39.5 Å². The number of thiophene rings is 1. The summed E-state index contributed by atoms with van der Waals surface area (Å²) in [4.78, 5) is 25.2. The number of carbonyl (C=O) groups excluding carboxylic acids is 1. The van der Waals surface area contributed by atoms with Crippen LogP contribution in [0.3, 0.4) is 0 Å². The molecule has 0 aliphatic heterocycles. The standard InChI is InChI=1S/C19H11Cl3INO4S/c1-28-16-11(20)6-10(14(21)15(16)22)18(25)24-12-7-29-17(13(12)19(26)27)8-2-4-9(23)5-3-8/h2-7H,1H3,(H,24,25)(H,26,27). The van der Waals surface area contributed by atoms with Crippen molar-refractivity contribution in [3.05, 3.63) is 65.5 Å². The van der Waals surface area contributed by atoms with Crippen LogP contribution in [0.5, 0.6) is 5.75 Å². The molecule has 3 aromatic rings. The van der Waals surface area contributed by atoms with Gasteiger partial charge in [-0.1, -0.05) is 46.9 Å². The first-order valence-corrected chi connectivity index (χ1v) is 11.0. The van der Waals surface area contributed by atoms with E-state index in [1.165, 1.54) is 24.5 Å². The van der Waals surface area contributed by atoms with Crippen LogP contribution in [0.25, 0.3) is 10.4 Å². The Kier molecular flexibility index (Phi) is 6.95. The minimum Gasteiger partial charge on any atom is -0.494 e. The summed E-state index contributed by atoms with van der Waals surface area (Å²) >= 11 is 21.8. The largest absolute Gasteiger partial charge is 0.494 e. The van der Waals surface area contributed by atoms with Crippen LogP contribution in [-0.2, 0) is 0 Å². The highest BCUT2D eigenvalue weighted by Crippen LogP contribution is 2.41. The topological polar surface area (TPSA) is 75.6 Å². The minimum atomic E-state index is -1.16. The van der Waals surface area contributed by atoms with Gasteiger partial charge in [0.2, 0.25) is 0 Å². The van der Waals surface area contributed by atoms with Crippen molar-refractivity contribution in [1.82, 2.24) is 0 Å². The summed E-state index contributed by atoms with van der Waals surface area (Å²) in [5.74, 6) is -1.65. The third-order valence-corrected chi connectivity index (χ3v) is 6.80. The highest BCUT2D eigenvalue weighted by atomic mass is 127. The fourth-order valence-electron chi connectivity index (χ4n) is 2.60. The van der Waals surface area contributed by atoms with Gasteiger partial charge in [0.25, 0.3) is 5.91 Å². The van der Waals surface area contributed by atoms with Crippen LogP contribution < -0.4 is 10.1 Å². The van der Waals surface area contributed by atoms with E-state index < -0.39 is 11.9 Å². The van der Waals surface area contributed by atoms with E-state index >= 15 is 0 Å². The van der Waals surface area contributed by atoms with Gasteiger partial charge in [-0.05, 0) is 46.4 Å². The maximum absolute atomic E-state index is 12.8. The molecule has 0 atom stereocenters. The number of amides is 1. The predicted molar refractivity (Wildman–Crippen MR) is 125 cm³/mol. The molecule has 3 rings (SSSR count). The molecule has 10 heteroatoms. The zero-order chi connectivity index (χ0) is 21.3. The van der Waals surface area contributed by atoms with Crippen molar-refractivity contribution in [2.24, 2.45) is 0 Å². The molecular formula is C19H11Cl3INO4S. The molecule has 0 fully saturated rings. The van der Waals surface area contributed by atoms with Gasteiger partial charge in [0.05, 0.1) is 33.3 Å². The Labute approximate surface area is 198 Å². The van der Waals surface area contributed by atoms with E-state index in [9.17, 15) is 14.7 Å². The molecule has 0 aliphatic rings. The lowest BCUT2D eigenvalue weighted by Crippen LogP contribution is -2.15. The van der Waals surface area contributed by atoms with Crippen molar-refractivity contribution in [1.29, 1.82) is 0 Å². The molecule has 0 saturated carbocycles. The molecule has 1 heterocycles. The van der Waals surface area contributed by atoms with Gasteiger partial charge in [-0.15, -0.1) is 11.3 Å². The number of methoxy groups -OCH3 is 1. The number of ether oxygens (including phenoxy) is 1. The molecule has 0 radical (unpaired) electrons. The summed E-state index contributed by atoms with van der Waals surface area (Å²) in [5, 5.41) is 13.9. The second-order valence-corrected chi connectivity index (χ2v) is 8.98. The van der Waals surface area contributed by atoms with Crippen molar-refractivity contribution in [2.45, 2.75) is 0 Å². The van der Waals surface area contributed by atoms with Crippen molar-refractivity contribution in [3.63, 3.8) is 0 Å². The summed E-state index contributed by atoms with van der Waals surface area (Å²) in [6, 6.07) is 8.72. The van der Waals surface area contributed by atoms with Crippen LogP contribution in [0.2, 0.25) is 15.1 Å². The number of halogens is 4. The van der Waals surface area contributed by atoms with Crippen LogP contribution in [0, 0.1) is 3.57 Å². The quantitative estimate of drug-likeness (QED) is 0.253. The number of hydrogen-bond donors (Lipinski definition) is 2. The van der Waals surface area contributed by atoms with Crippen molar-refractivity contribution < 1.29 is 19.4 Å². The Morgan fingerprint density at radius 2 is 1.79 bits per heavy atom. The van der Waals surface area contributed by atoms with E-state index in [0.717, 1.165) is 9.13 Å². The average Bonchev–Trinajstić information content (AvgIpc) is 3.09. The highest BCUT2D eigenvalue weighted by molar-refractivity contribution is 14.1. The molecule has 0 unspecified atom stereocenters. The summed E-state index contributed by atoms with van der Waals surface area (Å²) < 4.78 is 6.09. The smallest absolute Gasteiger partial charge is 0.339 e. The van der Waals surface area contributed by atoms with Gasteiger partial charge in [0, 0.05) is 8.95 Å². The molecule has 2 N–H and O–H groups in total. The summed E-state index contributed by atoms with van der Waals surface area (Å²) in [6.45, 7) is 0. The zero-order valence-corrected chi connectivity index (χ0v) is 19.8. The highest BCUT2D eigenvalue weighted by Gasteiger charge is 2.24. The summed E-state index contributed by atoms with van der Waals surface area (Å²) in [7, 11) is 1.37. The Morgan fingerprint density at radius 3 is 2.38 bits per heavy atom. The van der Waals surface area contributed by atoms with Crippen LogP contribution in [0.15, 0.2) is 35.7 Å². The molecular weight excluding hydrogens is 572 g/mol. The van der Waals surface area contributed by atoms with Gasteiger partial charge in [0.1, 0.15) is 10.6 Å². The molecule has 0 bridgehead atoms. The molecule has 29 heavy (non-hydrogen) atoms. The number of anilines is 1. The number of carbonyl (C=O) groups is 2. The fourth-order valence-corrected chi connectivity index (χ4v) is 4.79. The summed E-state index contributed by atoms with van der Waals surface area (Å²) in [6.07, 6.45) is 0. The first kappa shape index (κ1) is 22.2. The fraction of sp³-hybridized carbons (Fsp3) is 0.0526. The number of hydrogen-bond acceptors (Lipinski definition) is 4. The molecule has 0 saturated heterocycles. The zero-order valence-electron chi connectivity index (χ0n) is 14.6. The van der Waals surface area contributed by atoms with E-state index in [1.54, 1.807) is 5.38 Å². The van der Waals surface area contributed by atoms with Gasteiger partial charge < -0.3 is 15.2 Å². The minimum absolute atomic E-state index is 0.000760. The number of carboxylic acids is 1. The lowest BCUT2D eigenvalue weighted by atomic mass is 10.1. The third kappa shape index (κ3) is 4.49. The molecule has 150 valence electrons. The first-order chi connectivity index (χ1) is 13.7. The number of aromatic carboxylic acids is 1. The first-order valence-electron chi connectivity index (χ1n) is 7.88. The lowest BCUT2D eigenvalue weighted by Gasteiger charge is -2.12. The van der Waals surface area contributed by atoms with E-state index in [2.05, 4.69) is 27.9 Å². The second kappa shape index (κ2) is 9.09. The maximum Gasteiger partial charge on any atom is 0.339 e. The van der Waals surface area contributed by atoms with Crippen LogP contribution in [-0.4, -0.2) is 24.1 Å². The summed E-state index contributed by atoms with van der Waals surface area (Å²) in [5.41, 5.74) is 0.884. The second-order valence-electron chi connectivity index (χ2n) is 5.69. The van der Waals surface area contributed by atoms with Crippen molar-refractivity contribution in [3.8, 4) is 16.2 Å². The predicted octanol–water partition coefficient (Wildman–Crippen LogP) is 6.94. The van der Waals surface area contributed by atoms with Gasteiger partial charge in [-0.2, -0.15) is 0 Å². The molecule has 1 aromatic heterocycles. The van der Waals surface area contributed by atoms with Gasteiger partial charge >= 0.3 is 5.97 Å². The SMILES string of the molecule is COc1c(Cl)cc(C(=O)Nc2csc(-c3ccc(I)cc3)c2C(=O)O)c(Cl)c1Cl. The number of carboxylic acid groups (broad SMARTS) is 1. The van der Waals surface area contributed by atoms with E-state index in [-0.39, 0.29) is 37.6 Å². The van der Waals surface area contributed by atoms with Crippen LogP contribution >= 0.6 is 68.7 Å². The van der Waals surface area contributed by atoms with Crippen molar-refractivity contribution in [2.75, 3.05) is 12.4 Å². The normalized spacial score (nSPS) is 10.7. The molecule has 1 amide bonds. The van der Waals surface area contributed by atoms with E-state index in [1.807, 2.05) is 24.3 Å². The molecule has 0 aliphatic carbocycles. The Hall–Kier alpha value is -1.52. The average molecular weight is 583 g/mol. The number of nitrogens with one attached hydrogen (secondary N) is 1. The third-order valence-electron chi connectivity index (χ3n) is 3.92. The Balaban J connectivity index is 2.00. The van der Waals surface area contributed by atoms with Gasteiger partial charge in [0.15, 0.2) is 5.75 Å². The van der Waals surface area contributed by atoms with E-state index in [0.29, 0.717) is 4.88 Å². The van der Waals surface area contributed by atoms with Crippen LogP contribution in [0.1, 0.15) is 20.7 Å². The van der Waals surface area contributed by atoms with Crippen molar-refractivity contribution >= 4 is 86.3 Å². The molecule has 0 spiro atoms. The van der Waals surface area contributed by atoms with Gasteiger partial charge in [-0.3, -0.25) is 4.79 Å². The molecule has 5 nitrogen and oxygen atoms in total. The lowest BCUT2D eigenvalue weighted by molar-refractivity contribution is 0.0699. The molecule has 2 aromatic carbocycles. The number of rotatable bonds is 5. The Morgan fingerprint density at radius 1 is 1.14 bits per heavy atom. The van der Waals surface area contributed by atoms with Gasteiger partial charge in [-0.25, -0.2) is 4.79 Å². The Bertz CT molecular complexity index is 1120. The monoisotopic (exact) mass is 581 g/mol. The number of benzene rings is 2.